The Hall–Kier alpha value is 0.180. The van der Waals surface area contributed by atoms with Gasteiger partial charge in [0.2, 0.25) is 0 Å². The summed E-state index contributed by atoms with van der Waals surface area (Å²) in [7, 11) is 0. The average Bonchev–Trinajstić information content (AvgIpc) is 1.85. The monoisotopic (exact) mass is 189 g/mol. The highest BCUT2D eigenvalue weighted by molar-refractivity contribution is 9.11. The van der Waals surface area contributed by atoms with Gasteiger partial charge in [0.1, 0.15) is 0 Å². The smallest absolute Gasteiger partial charge is 0.0783 e. The number of thiophene rings is 1. The summed E-state index contributed by atoms with van der Waals surface area (Å²) in [4.78, 5) is 1.34. The molecule has 1 rings (SSSR count). The van der Waals surface area contributed by atoms with Gasteiger partial charge in [-0.1, -0.05) is 0 Å². The molecule has 0 unspecified atom stereocenters. The topological polar surface area (TPSA) is 0 Å². The number of halogens is 1. The van der Waals surface area contributed by atoms with Crippen LogP contribution in [0.15, 0.2) is 3.79 Å². The summed E-state index contributed by atoms with van der Waals surface area (Å²) >= 11 is 5.08. The van der Waals surface area contributed by atoms with Crippen molar-refractivity contribution in [1.29, 1.82) is 0 Å². The van der Waals surface area contributed by atoms with Crippen LogP contribution < -0.4 is 0 Å². The van der Waals surface area contributed by atoms with E-state index in [9.17, 15) is 0 Å². The quantitative estimate of drug-likeness (QED) is 0.590. The molecule has 0 spiro atoms. The van der Waals surface area contributed by atoms with E-state index in [1.54, 1.807) is 11.3 Å². The molecule has 0 bridgehead atoms. The van der Waals surface area contributed by atoms with Crippen LogP contribution in [-0.4, -0.2) is 0 Å². The third-order valence-corrected chi connectivity index (χ3v) is 2.63. The first-order chi connectivity index (χ1) is 3.70. The van der Waals surface area contributed by atoms with Crippen LogP contribution in [0.1, 0.15) is 10.4 Å². The Kier molecular flexibility index (Phi) is 1.73. The van der Waals surface area contributed by atoms with Crippen molar-refractivity contribution in [1.82, 2.24) is 0 Å². The van der Waals surface area contributed by atoms with Crippen LogP contribution in [0.3, 0.4) is 0 Å². The Morgan fingerprint density at radius 2 is 2.12 bits per heavy atom. The Labute approximate surface area is 61.7 Å². The zero-order valence-corrected chi connectivity index (χ0v) is 7.19. The molecular weight excluding hydrogens is 184 g/mol. The molecule has 0 aromatic carbocycles. The van der Waals surface area contributed by atoms with Gasteiger partial charge in [0.25, 0.3) is 0 Å². The molecule has 1 aromatic heterocycles. The summed E-state index contributed by atoms with van der Waals surface area (Å²) in [5.74, 6) is 0. The van der Waals surface area contributed by atoms with Crippen molar-refractivity contribution in [3.8, 4) is 0 Å². The third kappa shape index (κ3) is 1.12. The fourth-order valence-corrected chi connectivity index (χ4v) is 2.17. The van der Waals surface area contributed by atoms with Gasteiger partial charge in [-0.25, -0.2) is 0 Å². The average molecular weight is 190 g/mol. The molecule has 1 radical (unpaired) electrons. The fourth-order valence-electron chi connectivity index (χ4n) is 0.472. The normalized spacial score (nSPS) is 9.88. The summed E-state index contributed by atoms with van der Waals surface area (Å²) in [6.07, 6.45) is 0. The maximum Gasteiger partial charge on any atom is 0.0783 e. The molecule has 1 heterocycles. The molecule has 43 valence electrons. The summed E-state index contributed by atoms with van der Waals surface area (Å²) in [5.41, 5.74) is 1.25. The minimum absolute atomic E-state index is 1.10. The SMILES string of the molecule is Cc1[c]c(Br)sc1C. The minimum atomic E-state index is 1.10. The van der Waals surface area contributed by atoms with Crippen molar-refractivity contribution in [2.75, 3.05) is 0 Å². The number of hydrogen-bond acceptors (Lipinski definition) is 1. The van der Waals surface area contributed by atoms with E-state index in [-0.39, 0.29) is 0 Å². The van der Waals surface area contributed by atoms with Gasteiger partial charge < -0.3 is 0 Å². The van der Waals surface area contributed by atoms with E-state index in [1.807, 2.05) is 0 Å². The van der Waals surface area contributed by atoms with Gasteiger partial charge in [0, 0.05) is 10.9 Å². The van der Waals surface area contributed by atoms with E-state index < -0.39 is 0 Å². The Morgan fingerprint density at radius 3 is 2.25 bits per heavy atom. The first-order valence-electron chi connectivity index (χ1n) is 2.35. The van der Waals surface area contributed by atoms with E-state index >= 15 is 0 Å². The number of rotatable bonds is 0. The van der Waals surface area contributed by atoms with Crippen LogP contribution in [0.2, 0.25) is 0 Å². The Bertz CT molecular complexity index is 171. The molecule has 0 saturated carbocycles. The van der Waals surface area contributed by atoms with Gasteiger partial charge >= 0.3 is 0 Å². The molecular formula is C6H6BrS. The van der Waals surface area contributed by atoms with Crippen molar-refractivity contribution in [2.24, 2.45) is 0 Å². The molecule has 0 amide bonds. The third-order valence-electron chi connectivity index (χ3n) is 1.06. The van der Waals surface area contributed by atoms with Crippen molar-refractivity contribution in [3.05, 3.63) is 20.3 Å². The molecule has 0 fully saturated rings. The number of aryl methyl sites for hydroxylation is 2. The first-order valence-corrected chi connectivity index (χ1v) is 3.96. The summed E-state index contributed by atoms with van der Waals surface area (Å²) < 4.78 is 1.10. The van der Waals surface area contributed by atoms with Crippen molar-refractivity contribution in [3.63, 3.8) is 0 Å². The predicted molar refractivity (Wildman–Crippen MR) is 40.3 cm³/mol. The van der Waals surface area contributed by atoms with Crippen molar-refractivity contribution >= 4 is 27.3 Å². The highest BCUT2D eigenvalue weighted by Crippen LogP contribution is 2.24. The zero-order valence-electron chi connectivity index (χ0n) is 4.79. The summed E-state index contributed by atoms with van der Waals surface area (Å²) in [6, 6.07) is 3.14. The molecule has 0 atom stereocenters. The lowest BCUT2D eigenvalue weighted by Gasteiger charge is -1.79. The van der Waals surface area contributed by atoms with Gasteiger partial charge in [-0.05, 0) is 35.3 Å². The lowest BCUT2D eigenvalue weighted by Crippen LogP contribution is -1.62. The van der Waals surface area contributed by atoms with E-state index in [2.05, 4.69) is 35.8 Å². The second-order valence-corrected chi connectivity index (χ2v) is 4.22. The van der Waals surface area contributed by atoms with Crippen LogP contribution in [0.4, 0.5) is 0 Å². The van der Waals surface area contributed by atoms with Crippen LogP contribution in [0.5, 0.6) is 0 Å². The lowest BCUT2D eigenvalue weighted by molar-refractivity contribution is 1.43. The van der Waals surface area contributed by atoms with Crippen LogP contribution >= 0.6 is 27.3 Å². The Morgan fingerprint density at radius 1 is 1.50 bits per heavy atom. The van der Waals surface area contributed by atoms with Gasteiger partial charge in [0.05, 0.1) is 3.79 Å². The van der Waals surface area contributed by atoms with E-state index in [1.165, 1.54) is 10.4 Å². The van der Waals surface area contributed by atoms with Crippen LogP contribution in [-0.2, 0) is 0 Å². The van der Waals surface area contributed by atoms with Crippen LogP contribution in [0.25, 0.3) is 0 Å². The fraction of sp³-hybridized carbons (Fsp3) is 0.333. The largest absolute Gasteiger partial charge is 0.133 e. The van der Waals surface area contributed by atoms with Gasteiger partial charge in [-0.2, -0.15) is 0 Å². The molecule has 0 aliphatic carbocycles. The summed E-state index contributed by atoms with van der Waals surface area (Å²) in [5, 5.41) is 0. The predicted octanol–water partition coefficient (Wildman–Crippen LogP) is 2.93. The van der Waals surface area contributed by atoms with E-state index in [0.717, 1.165) is 3.79 Å². The second kappa shape index (κ2) is 2.19. The molecule has 0 saturated heterocycles. The first kappa shape index (κ1) is 6.30. The second-order valence-electron chi connectivity index (χ2n) is 1.68. The summed E-state index contributed by atoms with van der Waals surface area (Å²) in [6.45, 7) is 4.16. The van der Waals surface area contributed by atoms with Gasteiger partial charge in [0.15, 0.2) is 0 Å². The number of hydrogen-bond donors (Lipinski definition) is 0. The molecule has 0 aliphatic rings. The standard InChI is InChI=1S/C6H6BrS/c1-4-3-6(7)8-5(4)2/h1-2H3. The molecule has 2 heteroatoms. The van der Waals surface area contributed by atoms with E-state index in [4.69, 9.17) is 0 Å². The van der Waals surface area contributed by atoms with Gasteiger partial charge in [-0.15, -0.1) is 11.3 Å². The van der Waals surface area contributed by atoms with Crippen LogP contribution in [0, 0.1) is 19.9 Å². The van der Waals surface area contributed by atoms with Crippen molar-refractivity contribution < 1.29 is 0 Å². The Balaban J connectivity index is 3.14. The molecule has 0 N–H and O–H groups in total. The molecule has 1 aromatic rings. The highest BCUT2D eigenvalue weighted by Gasteiger charge is 1.96. The lowest BCUT2D eigenvalue weighted by atomic mass is 10.3. The van der Waals surface area contributed by atoms with Gasteiger partial charge in [-0.3, -0.25) is 0 Å². The molecule has 0 nitrogen and oxygen atoms in total. The van der Waals surface area contributed by atoms with E-state index in [0.29, 0.717) is 0 Å². The maximum atomic E-state index is 3.35. The molecule has 0 aliphatic heterocycles. The molecule has 8 heavy (non-hydrogen) atoms. The minimum Gasteiger partial charge on any atom is -0.133 e. The maximum absolute atomic E-state index is 3.35. The zero-order chi connectivity index (χ0) is 6.15. The highest BCUT2D eigenvalue weighted by atomic mass is 79.9. The van der Waals surface area contributed by atoms with Crippen molar-refractivity contribution in [2.45, 2.75) is 13.8 Å².